The Morgan fingerprint density at radius 2 is 1.88 bits per heavy atom. The summed E-state index contributed by atoms with van der Waals surface area (Å²) in [5.41, 5.74) is 3.16. The number of aromatic nitrogens is 2. The third kappa shape index (κ3) is 3.35. The van der Waals surface area contributed by atoms with Gasteiger partial charge in [0.25, 0.3) is 11.5 Å². The number of amides is 1. The molecule has 2 aromatic carbocycles. The van der Waals surface area contributed by atoms with Gasteiger partial charge in [0.15, 0.2) is 0 Å². The number of hydrogen-bond donors (Lipinski definition) is 1. The molecule has 1 N–H and O–H groups in total. The SMILES string of the molecule is C#CCn1nc(CNC(=O)c2ccc(C)c(C)c2)c2ccccc2c1=O. The fraction of sp³-hybridized carbons (Fsp3) is 0.190. The van der Waals surface area contributed by atoms with Crippen molar-refractivity contribution in [1.29, 1.82) is 0 Å². The lowest BCUT2D eigenvalue weighted by Crippen LogP contribution is -2.28. The Kier molecular flexibility index (Phi) is 4.85. The zero-order chi connectivity index (χ0) is 18.7. The summed E-state index contributed by atoms with van der Waals surface area (Å²) in [7, 11) is 0. The van der Waals surface area contributed by atoms with Crippen LogP contribution in [0, 0.1) is 26.2 Å². The molecule has 0 saturated carbocycles. The van der Waals surface area contributed by atoms with Crippen LogP contribution in [0.2, 0.25) is 0 Å². The molecule has 1 heterocycles. The van der Waals surface area contributed by atoms with E-state index in [2.05, 4.69) is 16.3 Å². The van der Waals surface area contributed by atoms with Crippen LogP contribution in [0.5, 0.6) is 0 Å². The van der Waals surface area contributed by atoms with Gasteiger partial charge in [0.1, 0.15) is 6.54 Å². The van der Waals surface area contributed by atoms with E-state index in [9.17, 15) is 9.59 Å². The van der Waals surface area contributed by atoms with Crippen LogP contribution in [0.4, 0.5) is 0 Å². The molecule has 0 bridgehead atoms. The lowest BCUT2D eigenvalue weighted by Gasteiger charge is -2.11. The molecule has 0 atom stereocenters. The normalized spacial score (nSPS) is 10.5. The van der Waals surface area contributed by atoms with Crippen molar-refractivity contribution in [1.82, 2.24) is 15.1 Å². The van der Waals surface area contributed by atoms with Gasteiger partial charge < -0.3 is 5.32 Å². The van der Waals surface area contributed by atoms with Crippen molar-refractivity contribution in [2.45, 2.75) is 26.9 Å². The Bertz CT molecular complexity index is 1090. The summed E-state index contributed by atoms with van der Waals surface area (Å²) in [5.74, 6) is 2.25. The summed E-state index contributed by atoms with van der Waals surface area (Å²) < 4.78 is 1.25. The van der Waals surface area contributed by atoms with Crippen molar-refractivity contribution in [2.24, 2.45) is 0 Å². The van der Waals surface area contributed by atoms with Crippen LogP contribution in [0.1, 0.15) is 27.2 Å². The third-order valence-electron chi connectivity index (χ3n) is 4.37. The van der Waals surface area contributed by atoms with Crippen LogP contribution < -0.4 is 10.9 Å². The molecular formula is C21H19N3O2. The van der Waals surface area contributed by atoms with Gasteiger partial charge in [-0.3, -0.25) is 9.59 Å². The predicted octanol–water partition coefficient (Wildman–Crippen LogP) is 2.58. The predicted molar refractivity (Wildman–Crippen MR) is 102 cm³/mol. The summed E-state index contributed by atoms with van der Waals surface area (Å²) in [4.78, 5) is 24.9. The highest BCUT2D eigenvalue weighted by Crippen LogP contribution is 2.14. The van der Waals surface area contributed by atoms with Gasteiger partial charge in [0.2, 0.25) is 0 Å². The maximum absolute atomic E-state index is 12.5. The Hall–Kier alpha value is -3.39. The summed E-state index contributed by atoms with van der Waals surface area (Å²) in [6, 6.07) is 12.8. The molecule has 0 radical (unpaired) electrons. The van der Waals surface area contributed by atoms with Crippen LogP contribution in [-0.4, -0.2) is 15.7 Å². The number of terminal acetylenes is 1. The van der Waals surface area contributed by atoms with Crippen LogP contribution in [0.25, 0.3) is 10.8 Å². The lowest BCUT2D eigenvalue weighted by atomic mass is 10.1. The molecule has 1 aromatic heterocycles. The zero-order valence-corrected chi connectivity index (χ0v) is 14.7. The van der Waals surface area contributed by atoms with Crippen LogP contribution >= 0.6 is 0 Å². The van der Waals surface area contributed by atoms with Gasteiger partial charge in [-0.1, -0.05) is 30.2 Å². The highest BCUT2D eigenvalue weighted by Gasteiger charge is 2.12. The Balaban J connectivity index is 1.92. The van der Waals surface area contributed by atoms with E-state index >= 15 is 0 Å². The second-order valence-corrected chi connectivity index (χ2v) is 6.14. The van der Waals surface area contributed by atoms with Gasteiger partial charge >= 0.3 is 0 Å². The number of carbonyl (C=O) groups is 1. The standard InChI is InChI=1S/C21H19N3O2/c1-4-11-24-21(26)18-8-6-5-7-17(18)19(23-24)13-22-20(25)16-10-9-14(2)15(3)12-16/h1,5-10,12H,11,13H2,2-3H3,(H,22,25). The van der Waals surface area contributed by atoms with E-state index in [0.29, 0.717) is 22.0 Å². The first-order chi connectivity index (χ1) is 12.5. The van der Waals surface area contributed by atoms with E-state index in [0.717, 1.165) is 11.1 Å². The molecule has 0 fully saturated rings. The van der Waals surface area contributed by atoms with Crippen LogP contribution in [-0.2, 0) is 13.1 Å². The monoisotopic (exact) mass is 345 g/mol. The van der Waals surface area contributed by atoms with Gasteiger partial charge in [-0.15, -0.1) is 6.42 Å². The second-order valence-electron chi connectivity index (χ2n) is 6.14. The van der Waals surface area contributed by atoms with E-state index in [-0.39, 0.29) is 24.6 Å². The number of benzene rings is 2. The number of nitrogens with one attached hydrogen (secondary N) is 1. The Morgan fingerprint density at radius 1 is 1.15 bits per heavy atom. The summed E-state index contributed by atoms with van der Waals surface area (Å²) in [5, 5.41) is 8.46. The summed E-state index contributed by atoms with van der Waals surface area (Å²) in [6.07, 6.45) is 5.33. The molecule has 0 aliphatic rings. The molecule has 0 spiro atoms. The number of rotatable bonds is 4. The minimum absolute atomic E-state index is 0.0851. The van der Waals surface area contributed by atoms with E-state index in [1.807, 2.05) is 38.1 Å². The molecule has 3 rings (SSSR count). The van der Waals surface area contributed by atoms with Crippen LogP contribution in [0.3, 0.4) is 0 Å². The number of hydrogen-bond acceptors (Lipinski definition) is 3. The number of nitrogens with zero attached hydrogens (tertiary/aromatic N) is 2. The molecule has 26 heavy (non-hydrogen) atoms. The zero-order valence-electron chi connectivity index (χ0n) is 14.7. The van der Waals surface area contributed by atoms with Crippen molar-refractivity contribution in [3.8, 4) is 12.3 Å². The first-order valence-electron chi connectivity index (χ1n) is 8.29. The molecule has 0 aliphatic carbocycles. The lowest BCUT2D eigenvalue weighted by molar-refractivity contribution is 0.0950. The second kappa shape index (κ2) is 7.24. The molecule has 5 nitrogen and oxygen atoms in total. The van der Waals surface area contributed by atoms with E-state index in [1.165, 1.54) is 4.68 Å². The molecule has 0 unspecified atom stereocenters. The average Bonchev–Trinajstić information content (AvgIpc) is 2.65. The average molecular weight is 345 g/mol. The maximum atomic E-state index is 12.5. The van der Waals surface area contributed by atoms with Crippen molar-refractivity contribution in [3.05, 3.63) is 75.2 Å². The molecular weight excluding hydrogens is 326 g/mol. The smallest absolute Gasteiger partial charge is 0.275 e. The highest BCUT2D eigenvalue weighted by atomic mass is 16.1. The summed E-state index contributed by atoms with van der Waals surface area (Å²) in [6.45, 7) is 4.26. The van der Waals surface area contributed by atoms with Gasteiger partial charge in [0.05, 0.1) is 17.6 Å². The molecule has 0 aliphatic heterocycles. The van der Waals surface area contributed by atoms with Gasteiger partial charge in [0, 0.05) is 10.9 Å². The quantitative estimate of drug-likeness (QED) is 0.739. The summed E-state index contributed by atoms with van der Waals surface area (Å²) >= 11 is 0. The molecule has 0 saturated heterocycles. The molecule has 130 valence electrons. The Morgan fingerprint density at radius 3 is 2.58 bits per heavy atom. The number of carbonyl (C=O) groups excluding carboxylic acids is 1. The van der Waals surface area contributed by atoms with Crippen molar-refractivity contribution < 1.29 is 4.79 Å². The van der Waals surface area contributed by atoms with Gasteiger partial charge in [-0.25, -0.2) is 4.68 Å². The van der Waals surface area contributed by atoms with Crippen molar-refractivity contribution >= 4 is 16.7 Å². The number of aryl methyl sites for hydroxylation is 2. The maximum Gasteiger partial charge on any atom is 0.275 e. The van der Waals surface area contributed by atoms with E-state index in [4.69, 9.17) is 6.42 Å². The fourth-order valence-electron chi connectivity index (χ4n) is 2.78. The Labute approximate surface area is 151 Å². The van der Waals surface area contributed by atoms with Crippen molar-refractivity contribution in [2.75, 3.05) is 0 Å². The van der Waals surface area contributed by atoms with Gasteiger partial charge in [-0.05, 0) is 43.2 Å². The highest BCUT2D eigenvalue weighted by molar-refractivity contribution is 5.94. The topological polar surface area (TPSA) is 64.0 Å². The van der Waals surface area contributed by atoms with Gasteiger partial charge in [-0.2, -0.15) is 5.10 Å². The first-order valence-corrected chi connectivity index (χ1v) is 8.29. The first kappa shape index (κ1) is 17.4. The third-order valence-corrected chi connectivity index (χ3v) is 4.37. The van der Waals surface area contributed by atoms with Crippen LogP contribution in [0.15, 0.2) is 47.3 Å². The minimum Gasteiger partial charge on any atom is -0.346 e. The minimum atomic E-state index is -0.234. The largest absolute Gasteiger partial charge is 0.346 e. The van der Waals surface area contributed by atoms with Crippen molar-refractivity contribution in [3.63, 3.8) is 0 Å². The molecule has 5 heteroatoms. The molecule has 3 aromatic rings. The molecule has 1 amide bonds. The fourth-order valence-corrected chi connectivity index (χ4v) is 2.78. The van der Waals surface area contributed by atoms with E-state index in [1.54, 1.807) is 18.2 Å². The van der Waals surface area contributed by atoms with E-state index < -0.39 is 0 Å². The number of fused-ring (bicyclic) bond motifs is 1.